The molecule has 0 bridgehead atoms. The second-order valence-electron chi connectivity index (χ2n) is 8.05. The van der Waals surface area contributed by atoms with Gasteiger partial charge in [0.15, 0.2) is 0 Å². The van der Waals surface area contributed by atoms with Gasteiger partial charge in [0, 0.05) is 23.7 Å². The van der Waals surface area contributed by atoms with E-state index in [0.29, 0.717) is 18.8 Å². The number of anilines is 3. The molecule has 0 atom stereocenters. The Morgan fingerprint density at radius 2 is 1.93 bits per heavy atom. The fraction of sp³-hybridized carbons (Fsp3) is 0.476. The molecule has 30 heavy (non-hydrogen) atoms. The van der Waals surface area contributed by atoms with Crippen molar-refractivity contribution < 1.29 is 4.79 Å². The molecule has 164 valence electrons. The summed E-state index contributed by atoms with van der Waals surface area (Å²) in [6.45, 7) is 8.64. The third-order valence-corrected chi connectivity index (χ3v) is 5.08. The lowest BCUT2D eigenvalue weighted by Gasteiger charge is -2.27. The van der Waals surface area contributed by atoms with Crippen LogP contribution in [0.3, 0.4) is 0 Å². The molecule has 2 aromatic rings. The lowest BCUT2D eigenvalue weighted by molar-refractivity contribution is -0.115. The minimum absolute atomic E-state index is 0.0607. The van der Waals surface area contributed by atoms with Crippen LogP contribution in [0.5, 0.6) is 0 Å². The molecule has 2 rings (SSSR count). The molecule has 1 amide bonds. The molecular formula is C21H31N5O3S. The van der Waals surface area contributed by atoms with Gasteiger partial charge in [0.2, 0.25) is 5.91 Å². The normalized spacial score (nSPS) is 11.2. The van der Waals surface area contributed by atoms with Crippen LogP contribution in [0.15, 0.2) is 38.8 Å². The summed E-state index contributed by atoms with van der Waals surface area (Å²) in [6, 6.07) is 7.54. The van der Waals surface area contributed by atoms with Gasteiger partial charge in [0.25, 0.3) is 5.56 Å². The summed E-state index contributed by atoms with van der Waals surface area (Å²) in [7, 11) is 0. The molecule has 0 spiro atoms. The van der Waals surface area contributed by atoms with Crippen LogP contribution < -0.4 is 27.2 Å². The number of carbonyl (C=O) groups excluding carboxylic acids is 1. The number of nitrogens with one attached hydrogen (secondary N) is 2. The Hall–Kier alpha value is -2.68. The SMILES string of the molecule is CSc1cccc(NC(=O)CN(CC(C)C)c2c(N)n(CC(C)C)c(=O)[nH]c2=O)c1. The Morgan fingerprint density at radius 3 is 2.53 bits per heavy atom. The first kappa shape index (κ1) is 23.6. The number of H-pyrrole nitrogens is 1. The van der Waals surface area contributed by atoms with Gasteiger partial charge < -0.3 is 16.0 Å². The lowest BCUT2D eigenvalue weighted by atomic mass is 10.2. The predicted octanol–water partition coefficient (Wildman–Crippen LogP) is 2.60. The van der Waals surface area contributed by atoms with E-state index in [4.69, 9.17) is 5.73 Å². The molecule has 0 radical (unpaired) electrons. The van der Waals surface area contributed by atoms with Crippen molar-refractivity contribution in [3.63, 3.8) is 0 Å². The van der Waals surface area contributed by atoms with E-state index in [9.17, 15) is 14.4 Å². The summed E-state index contributed by atoms with van der Waals surface area (Å²) >= 11 is 1.58. The number of thioether (sulfide) groups is 1. The molecule has 1 aromatic heterocycles. The molecule has 0 saturated carbocycles. The van der Waals surface area contributed by atoms with E-state index in [0.717, 1.165) is 4.90 Å². The minimum Gasteiger partial charge on any atom is -0.383 e. The van der Waals surface area contributed by atoms with E-state index in [1.807, 2.05) is 58.2 Å². The minimum atomic E-state index is -0.588. The van der Waals surface area contributed by atoms with E-state index in [1.54, 1.807) is 16.7 Å². The Morgan fingerprint density at radius 1 is 1.23 bits per heavy atom. The molecule has 1 aromatic carbocycles. The smallest absolute Gasteiger partial charge is 0.330 e. The Bertz CT molecular complexity index is 997. The molecule has 0 fully saturated rings. The van der Waals surface area contributed by atoms with Crippen molar-refractivity contribution in [2.45, 2.75) is 39.1 Å². The topological polar surface area (TPSA) is 113 Å². The number of aromatic amines is 1. The quantitative estimate of drug-likeness (QED) is 0.524. The summed E-state index contributed by atoms with van der Waals surface area (Å²) < 4.78 is 1.36. The van der Waals surface area contributed by atoms with Gasteiger partial charge in [-0.05, 0) is 36.3 Å². The Kier molecular flexibility index (Phi) is 8.16. The van der Waals surface area contributed by atoms with Crippen molar-refractivity contribution in [1.29, 1.82) is 0 Å². The summed E-state index contributed by atoms with van der Waals surface area (Å²) in [5, 5.41) is 2.87. The van der Waals surface area contributed by atoms with Gasteiger partial charge in [-0.25, -0.2) is 4.79 Å². The van der Waals surface area contributed by atoms with E-state index in [2.05, 4.69) is 10.3 Å². The van der Waals surface area contributed by atoms with Crippen molar-refractivity contribution in [1.82, 2.24) is 9.55 Å². The fourth-order valence-electron chi connectivity index (χ4n) is 3.18. The summed E-state index contributed by atoms with van der Waals surface area (Å²) in [5.74, 6) is 0.140. The summed E-state index contributed by atoms with van der Waals surface area (Å²) in [4.78, 5) is 42.6. The maximum absolute atomic E-state index is 12.7. The zero-order valence-corrected chi connectivity index (χ0v) is 19.0. The molecule has 1 heterocycles. The van der Waals surface area contributed by atoms with Crippen LogP contribution in [-0.4, -0.2) is 34.8 Å². The molecule has 0 unspecified atom stereocenters. The van der Waals surface area contributed by atoms with E-state index < -0.39 is 11.2 Å². The number of benzene rings is 1. The third kappa shape index (κ3) is 6.16. The van der Waals surface area contributed by atoms with Gasteiger partial charge in [-0.2, -0.15) is 0 Å². The number of amides is 1. The van der Waals surface area contributed by atoms with Crippen LogP contribution in [0.2, 0.25) is 0 Å². The highest BCUT2D eigenvalue weighted by atomic mass is 32.2. The predicted molar refractivity (Wildman–Crippen MR) is 124 cm³/mol. The number of rotatable bonds is 9. The van der Waals surface area contributed by atoms with E-state index in [-0.39, 0.29) is 35.8 Å². The Labute approximate surface area is 180 Å². The highest BCUT2D eigenvalue weighted by Gasteiger charge is 2.22. The highest BCUT2D eigenvalue weighted by Crippen LogP contribution is 2.21. The number of nitrogens with zero attached hydrogens (tertiary/aromatic N) is 2. The molecular weight excluding hydrogens is 402 g/mol. The van der Waals surface area contributed by atoms with Crippen LogP contribution in [0.4, 0.5) is 17.2 Å². The second-order valence-corrected chi connectivity index (χ2v) is 8.93. The van der Waals surface area contributed by atoms with Crippen LogP contribution in [0, 0.1) is 11.8 Å². The average molecular weight is 434 g/mol. The lowest BCUT2D eigenvalue weighted by Crippen LogP contribution is -2.43. The van der Waals surface area contributed by atoms with Gasteiger partial charge in [0.1, 0.15) is 11.5 Å². The molecule has 4 N–H and O–H groups in total. The van der Waals surface area contributed by atoms with E-state index >= 15 is 0 Å². The standard InChI is InChI=1S/C21H31N5O3S/c1-13(2)10-25(12-17(27)23-15-7-6-8-16(9-15)30-5)18-19(22)26(11-14(3)4)21(29)24-20(18)28/h6-9,13-14H,10-12,22H2,1-5H3,(H,23,27)(H,24,28,29). The molecule has 0 aliphatic heterocycles. The molecule has 9 heteroatoms. The first-order valence-corrected chi connectivity index (χ1v) is 11.2. The second kappa shape index (κ2) is 10.4. The van der Waals surface area contributed by atoms with Crippen LogP contribution in [-0.2, 0) is 11.3 Å². The molecule has 0 aliphatic carbocycles. The van der Waals surface area contributed by atoms with Gasteiger partial charge in [-0.3, -0.25) is 19.1 Å². The number of hydrogen-bond acceptors (Lipinski definition) is 6. The monoisotopic (exact) mass is 433 g/mol. The molecule has 0 saturated heterocycles. The van der Waals surface area contributed by atoms with E-state index in [1.165, 1.54) is 4.57 Å². The average Bonchev–Trinajstić information content (AvgIpc) is 2.64. The van der Waals surface area contributed by atoms with Gasteiger partial charge in [-0.1, -0.05) is 33.8 Å². The van der Waals surface area contributed by atoms with Gasteiger partial charge in [-0.15, -0.1) is 11.8 Å². The van der Waals surface area contributed by atoms with Crippen LogP contribution in [0.1, 0.15) is 27.7 Å². The fourth-order valence-corrected chi connectivity index (χ4v) is 3.64. The van der Waals surface area contributed by atoms with Crippen molar-refractivity contribution >= 4 is 34.9 Å². The van der Waals surface area contributed by atoms with Crippen molar-refractivity contribution in [2.75, 3.05) is 35.3 Å². The number of nitrogens with two attached hydrogens (primary N) is 1. The van der Waals surface area contributed by atoms with Gasteiger partial charge in [0.05, 0.1) is 6.54 Å². The third-order valence-electron chi connectivity index (χ3n) is 4.35. The number of nitrogen functional groups attached to an aromatic ring is 1. The molecule has 8 nitrogen and oxygen atoms in total. The van der Waals surface area contributed by atoms with Crippen molar-refractivity contribution in [2.24, 2.45) is 11.8 Å². The zero-order valence-electron chi connectivity index (χ0n) is 18.2. The number of aromatic nitrogens is 2. The van der Waals surface area contributed by atoms with Crippen molar-refractivity contribution in [3.05, 3.63) is 45.1 Å². The zero-order chi connectivity index (χ0) is 22.4. The molecule has 0 aliphatic rings. The largest absolute Gasteiger partial charge is 0.383 e. The first-order valence-electron chi connectivity index (χ1n) is 9.93. The maximum atomic E-state index is 12.7. The van der Waals surface area contributed by atoms with Gasteiger partial charge >= 0.3 is 5.69 Å². The Balaban J connectivity index is 2.36. The number of carbonyl (C=O) groups is 1. The number of hydrogen-bond donors (Lipinski definition) is 3. The highest BCUT2D eigenvalue weighted by molar-refractivity contribution is 7.98. The van der Waals surface area contributed by atoms with Crippen LogP contribution >= 0.6 is 11.8 Å². The summed E-state index contributed by atoms with van der Waals surface area (Å²) in [6.07, 6.45) is 1.96. The maximum Gasteiger partial charge on any atom is 0.330 e. The van der Waals surface area contributed by atoms with Crippen molar-refractivity contribution in [3.8, 4) is 0 Å². The summed E-state index contributed by atoms with van der Waals surface area (Å²) in [5.41, 5.74) is 5.94. The first-order chi connectivity index (χ1) is 14.1. The van der Waals surface area contributed by atoms with Crippen LogP contribution in [0.25, 0.3) is 0 Å².